The van der Waals surface area contributed by atoms with Crippen LogP contribution in [0.4, 0.5) is 0 Å². The van der Waals surface area contributed by atoms with Crippen LogP contribution in [0.5, 0.6) is 0 Å². The lowest BCUT2D eigenvalue weighted by Gasteiger charge is -1.95. The van der Waals surface area contributed by atoms with E-state index >= 15 is 0 Å². The van der Waals surface area contributed by atoms with E-state index in [1.165, 1.54) is 0 Å². The Morgan fingerprint density at radius 2 is 2.30 bits per heavy atom. The molecule has 0 amide bonds. The zero-order chi connectivity index (χ0) is 7.98. The molecule has 0 aliphatic carbocycles. The van der Waals surface area contributed by atoms with Gasteiger partial charge in [-0.25, -0.2) is 0 Å². The molecule has 0 heterocycles. The highest BCUT2D eigenvalue weighted by atomic mass is 15.2. The van der Waals surface area contributed by atoms with Gasteiger partial charge in [0.15, 0.2) is 12.1 Å². The Kier molecular flexibility index (Phi) is 4.20. The Morgan fingerprint density at radius 3 is 2.70 bits per heavy atom. The van der Waals surface area contributed by atoms with Crippen LogP contribution in [0.3, 0.4) is 0 Å². The third-order valence-electron chi connectivity index (χ3n) is 0.978. The SMILES string of the molecule is C=C/C=[NH+]\N=C(N)C(C)C. The lowest BCUT2D eigenvalue weighted by Crippen LogP contribution is -2.62. The highest BCUT2D eigenvalue weighted by Gasteiger charge is 1.98. The predicted octanol–water partition coefficient (Wildman–Crippen LogP) is -0.748. The van der Waals surface area contributed by atoms with Gasteiger partial charge in [0.05, 0.1) is 0 Å². The van der Waals surface area contributed by atoms with Crippen molar-refractivity contribution in [1.29, 1.82) is 0 Å². The van der Waals surface area contributed by atoms with Gasteiger partial charge < -0.3 is 5.73 Å². The summed E-state index contributed by atoms with van der Waals surface area (Å²) in [5.41, 5.74) is 5.49. The number of hydrogen-bond acceptors (Lipinski definition) is 1. The van der Waals surface area contributed by atoms with Crippen LogP contribution < -0.4 is 10.8 Å². The first-order valence-electron chi connectivity index (χ1n) is 3.21. The lowest BCUT2D eigenvalue weighted by atomic mass is 10.2. The van der Waals surface area contributed by atoms with Crippen molar-refractivity contribution >= 4 is 12.1 Å². The molecule has 0 saturated carbocycles. The van der Waals surface area contributed by atoms with Crippen LogP contribution >= 0.6 is 0 Å². The van der Waals surface area contributed by atoms with E-state index in [1.807, 2.05) is 13.8 Å². The van der Waals surface area contributed by atoms with Crippen molar-refractivity contribution in [2.75, 3.05) is 0 Å². The van der Waals surface area contributed by atoms with Gasteiger partial charge in [0.25, 0.3) is 0 Å². The summed E-state index contributed by atoms with van der Waals surface area (Å²) in [5, 5.41) is 6.47. The average molecular weight is 140 g/mol. The fourth-order valence-corrected chi connectivity index (χ4v) is 0.294. The second-order valence-corrected chi connectivity index (χ2v) is 2.22. The van der Waals surface area contributed by atoms with E-state index in [9.17, 15) is 0 Å². The molecular weight excluding hydrogens is 126 g/mol. The van der Waals surface area contributed by atoms with Gasteiger partial charge in [-0.15, -0.1) is 5.10 Å². The molecule has 0 aliphatic rings. The first-order chi connectivity index (χ1) is 4.68. The molecule has 0 radical (unpaired) electrons. The van der Waals surface area contributed by atoms with E-state index in [0.29, 0.717) is 5.84 Å². The maximum Gasteiger partial charge on any atom is 0.193 e. The molecule has 3 N–H and O–H groups in total. The van der Waals surface area contributed by atoms with Crippen molar-refractivity contribution in [2.24, 2.45) is 16.8 Å². The van der Waals surface area contributed by atoms with Gasteiger partial charge in [0.2, 0.25) is 0 Å². The van der Waals surface area contributed by atoms with Crippen molar-refractivity contribution in [3.8, 4) is 0 Å². The third kappa shape index (κ3) is 3.83. The Bertz CT molecular complexity index is 156. The topological polar surface area (TPSA) is 52.3 Å². The van der Waals surface area contributed by atoms with Gasteiger partial charge in [-0.05, 0) is 6.08 Å². The molecular formula is C7H14N3+. The van der Waals surface area contributed by atoms with Gasteiger partial charge in [-0.3, -0.25) is 0 Å². The summed E-state index contributed by atoms with van der Waals surface area (Å²) in [5.74, 6) is 0.879. The van der Waals surface area contributed by atoms with E-state index in [4.69, 9.17) is 5.73 Å². The van der Waals surface area contributed by atoms with Crippen molar-refractivity contribution < 1.29 is 5.10 Å². The molecule has 10 heavy (non-hydrogen) atoms. The van der Waals surface area contributed by atoms with Crippen LogP contribution in [0.15, 0.2) is 17.8 Å². The molecule has 0 atom stereocenters. The second-order valence-electron chi connectivity index (χ2n) is 2.22. The summed E-state index contributed by atoms with van der Waals surface area (Å²) >= 11 is 0. The van der Waals surface area contributed by atoms with Gasteiger partial charge in [0.1, 0.15) is 0 Å². The van der Waals surface area contributed by atoms with Crippen LogP contribution in [0.1, 0.15) is 13.8 Å². The molecule has 0 rings (SSSR count). The van der Waals surface area contributed by atoms with Crippen LogP contribution in [-0.2, 0) is 0 Å². The van der Waals surface area contributed by atoms with Gasteiger partial charge in [0, 0.05) is 11.0 Å². The number of nitrogens with two attached hydrogens (primary N) is 1. The standard InChI is InChI=1S/C7H13N3/c1-4-5-9-10-7(8)6(2)3/h4-6H,1H2,2-3H3,(H2,8,10)/p+1/b9-5-. The highest BCUT2D eigenvalue weighted by molar-refractivity contribution is 5.81. The summed E-state index contributed by atoms with van der Waals surface area (Å²) in [6.07, 6.45) is 3.23. The minimum Gasteiger partial charge on any atom is -0.382 e. The van der Waals surface area contributed by atoms with Crippen LogP contribution in [0.2, 0.25) is 0 Å². The minimum atomic E-state index is 0.283. The molecule has 0 bridgehead atoms. The van der Waals surface area contributed by atoms with Crippen molar-refractivity contribution in [3.05, 3.63) is 12.7 Å². The zero-order valence-corrected chi connectivity index (χ0v) is 6.46. The molecule has 56 valence electrons. The molecule has 0 aromatic carbocycles. The predicted molar refractivity (Wildman–Crippen MR) is 43.7 cm³/mol. The molecule has 3 nitrogen and oxygen atoms in total. The number of allylic oxidation sites excluding steroid dienone is 1. The molecule has 3 heteroatoms. The molecule has 0 aromatic heterocycles. The molecule has 0 spiro atoms. The second kappa shape index (κ2) is 4.73. The van der Waals surface area contributed by atoms with Crippen LogP contribution in [0.25, 0.3) is 0 Å². The van der Waals surface area contributed by atoms with Crippen molar-refractivity contribution in [1.82, 2.24) is 0 Å². The van der Waals surface area contributed by atoms with Gasteiger partial charge in [-0.2, -0.15) is 0 Å². The highest BCUT2D eigenvalue weighted by Crippen LogP contribution is 1.86. The Hall–Kier alpha value is -1.12. The van der Waals surface area contributed by atoms with Crippen LogP contribution in [-0.4, -0.2) is 12.1 Å². The average Bonchev–Trinajstić information content (AvgIpc) is 1.88. The number of nitrogens with zero attached hydrogens (tertiary/aromatic N) is 1. The molecule has 0 unspecified atom stereocenters. The number of nitrogens with one attached hydrogen (secondary N) is 1. The van der Waals surface area contributed by atoms with Gasteiger partial charge >= 0.3 is 0 Å². The fourth-order valence-electron chi connectivity index (χ4n) is 0.294. The fraction of sp³-hybridized carbons (Fsp3) is 0.429. The zero-order valence-electron chi connectivity index (χ0n) is 6.46. The number of hydrazone groups is 1. The van der Waals surface area contributed by atoms with E-state index in [0.717, 1.165) is 0 Å². The summed E-state index contributed by atoms with van der Waals surface area (Å²) in [4.78, 5) is 0. The van der Waals surface area contributed by atoms with E-state index in [2.05, 4.69) is 16.8 Å². The normalized spacial score (nSPS) is 12.9. The number of amidine groups is 1. The van der Waals surface area contributed by atoms with Crippen LogP contribution in [0, 0.1) is 5.92 Å². The number of rotatable bonds is 3. The first-order valence-corrected chi connectivity index (χ1v) is 3.21. The number of hydrogen-bond donors (Lipinski definition) is 2. The van der Waals surface area contributed by atoms with Gasteiger partial charge in [-0.1, -0.05) is 20.4 Å². The Morgan fingerprint density at radius 1 is 1.70 bits per heavy atom. The molecule has 0 fully saturated rings. The Balaban J connectivity index is 3.91. The summed E-state index contributed by atoms with van der Waals surface area (Å²) in [6, 6.07) is 0. The van der Waals surface area contributed by atoms with E-state index in [-0.39, 0.29) is 5.92 Å². The first kappa shape index (κ1) is 8.88. The minimum absolute atomic E-state index is 0.283. The lowest BCUT2D eigenvalue weighted by molar-refractivity contribution is -0.456. The van der Waals surface area contributed by atoms with E-state index < -0.39 is 0 Å². The summed E-state index contributed by atoms with van der Waals surface area (Å²) in [7, 11) is 0. The Labute approximate surface area is 61.3 Å². The monoisotopic (exact) mass is 140 g/mol. The van der Waals surface area contributed by atoms with E-state index in [1.54, 1.807) is 12.3 Å². The quantitative estimate of drug-likeness (QED) is 0.302. The summed E-state index contributed by atoms with van der Waals surface area (Å²) < 4.78 is 0. The smallest absolute Gasteiger partial charge is 0.193 e. The largest absolute Gasteiger partial charge is 0.382 e. The molecule has 0 saturated heterocycles. The molecule has 0 aromatic rings. The summed E-state index contributed by atoms with van der Waals surface area (Å²) in [6.45, 7) is 7.44. The molecule has 0 aliphatic heterocycles. The van der Waals surface area contributed by atoms with Crippen molar-refractivity contribution in [3.63, 3.8) is 0 Å². The third-order valence-corrected chi connectivity index (χ3v) is 0.978. The maximum atomic E-state index is 5.49. The maximum absolute atomic E-state index is 5.49. The van der Waals surface area contributed by atoms with Crippen molar-refractivity contribution in [2.45, 2.75) is 13.8 Å².